The molecule has 2 aliphatic rings. The van der Waals surface area contributed by atoms with Crippen molar-refractivity contribution in [3.05, 3.63) is 21.9 Å². The Morgan fingerprint density at radius 3 is 2.47 bits per heavy atom. The minimum atomic E-state index is 0.306. The molecule has 2 fully saturated rings. The molecule has 1 saturated carbocycles. The Morgan fingerprint density at radius 2 is 1.89 bits per heavy atom. The lowest BCUT2D eigenvalue weighted by Crippen LogP contribution is -2.41. The minimum Gasteiger partial charge on any atom is -0.296 e. The van der Waals surface area contributed by atoms with E-state index in [1.807, 2.05) is 12.1 Å². The average molecular weight is 277 g/mol. The maximum absolute atomic E-state index is 12.2. The molecule has 1 aliphatic carbocycles. The van der Waals surface area contributed by atoms with E-state index in [1.54, 1.807) is 11.3 Å². The Hall–Kier alpha value is -0.670. The predicted octanol–water partition coefficient (Wildman–Crippen LogP) is 3.90. The molecule has 104 valence electrons. The highest BCUT2D eigenvalue weighted by molar-refractivity contribution is 7.14. The highest BCUT2D eigenvalue weighted by atomic mass is 32.1. The van der Waals surface area contributed by atoms with Gasteiger partial charge in [0.25, 0.3) is 0 Å². The Morgan fingerprint density at radius 1 is 1.21 bits per heavy atom. The van der Waals surface area contributed by atoms with E-state index in [2.05, 4.69) is 11.8 Å². The third-order valence-corrected chi connectivity index (χ3v) is 6.01. The monoisotopic (exact) mass is 277 g/mol. The molecule has 3 rings (SSSR count). The second-order valence-corrected chi connectivity index (χ2v) is 7.60. The van der Waals surface area contributed by atoms with Crippen LogP contribution >= 0.6 is 11.3 Å². The normalized spacial score (nSPS) is 23.0. The smallest absolute Gasteiger partial charge is 0.186 e. The first-order chi connectivity index (χ1) is 9.17. The number of nitrogens with zero attached hydrogens (tertiary/aromatic N) is 1. The molecule has 2 nitrogen and oxygen atoms in total. The SMILES string of the molecule is Cc1ccc(C(=O)CN2CCC3(CCCC3)CC2)s1. The van der Waals surface area contributed by atoms with Gasteiger partial charge in [0.2, 0.25) is 0 Å². The summed E-state index contributed by atoms with van der Waals surface area (Å²) in [5.41, 5.74) is 0.652. The van der Waals surface area contributed by atoms with Crippen LogP contribution in [0.15, 0.2) is 12.1 Å². The summed E-state index contributed by atoms with van der Waals surface area (Å²) in [5, 5.41) is 0. The average Bonchev–Trinajstić information content (AvgIpc) is 3.02. The van der Waals surface area contributed by atoms with E-state index in [1.165, 1.54) is 43.4 Å². The number of piperidine rings is 1. The van der Waals surface area contributed by atoms with Gasteiger partial charge in [0, 0.05) is 4.88 Å². The fourth-order valence-corrected chi connectivity index (χ4v) is 4.47. The molecule has 0 radical (unpaired) electrons. The van der Waals surface area contributed by atoms with E-state index >= 15 is 0 Å². The van der Waals surface area contributed by atoms with Gasteiger partial charge in [0.05, 0.1) is 11.4 Å². The second kappa shape index (κ2) is 5.37. The molecule has 2 heterocycles. The zero-order chi connectivity index (χ0) is 13.3. The predicted molar refractivity (Wildman–Crippen MR) is 80.0 cm³/mol. The van der Waals surface area contributed by atoms with Gasteiger partial charge in [-0.05, 0) is 63.2 Å². The van der Waals surface area contributed by atoms with Gasteiger partial charge in [0.15, 0.2) is 5.78 Å². The summed E-state index contributed by atoms with van der Waals surface area (Å²) < 4.78 is 0. The molecule has 19 heavy (non-hydrogen) atoms. The van der Waals surface area contributed by atoms with Gasteiger partial charge in [-0.3, -0.25) is 9.69 Å². The number of rotatable bonds is 3. The fourth-order valence-electron chi connectivity index (χ4n) is 3.68. The largest absolute Gasteiger partial charge is 0.296 e. The van der Waals surface area contributed by atoms with Crippen LogP contribution < -0.4 is 0 Å². The van der Waals surface area contributed by atoms with E-state index < -0.39 is 0 Å². The summed E-state index contributed by atoms with van der Waals surface area (Å²) in [7, 11) is 0. The maximum Gasteiger partial charge on any atom is 0.186 e. The van der Waals surface area contributed by atoms with Crippen molar-refractivity contribution in [2.45, 2.75) is 45.4 Å². The molecule has 0 atom stereocenters. The first-order valence-electron chi connectivity index (χ1n) is 7.49. The van der Waals surface area contributed by atoms with Crippen LogP contribution in [0.4, 0.5) is 0 Å². The fraction of sp³-hybridized carbons (Fsp3) is 0.688. The van der Waals surface area contributed by atoms with Crippen LogP contribution in [0.25, 0.3) is 0 Å². The summed E-state index contributed by atoms with van der Waals surface area (Å²) in [4.78, 5) is 16.7. The van der Waals surface area contributed by atoms with Crippen LogP contribution in [0, 0.1) is 12.3 Å². The van der Waals surface area contributed by atoms with Gasteiger partial charge in [-0.25, -0.2) is 0 Å². The lowest BCUT2D eigenvalue weighted by molar-refractivity contribution is 0.0800. The van der Waals surface area contributed by atoms with Crippen molar-refractivity contribution in [1.82, 2.24) is 4.90 Å². The highest BCUT2D eigenvalue weighted by Crippen LogP contribution is 2.46. The maximum atomic E-state index is 12.2. The van der Waals surface area contributed by atoms with Crippen LogP contribution in [0.2, 0.25) is 0 Å². The number of likely N-dealkylation sites (tertiary alicyclic amines) is 1. The van der Waals surface area contributed by atoms with E-state index in [0.29, 0.717) is 17.7 Å². The second-order valence-electron chi connectivity index (χ2n) is 6.32. The van der Waals surface area contributed by atoms with E-state index in [-0.39, 0.29) is 0 Å². The van der Waals surface area contributed by atoms with Gasteiger partial charge in [0.1, 0.15) is 0 Å². The van der Waals surface area contributed by atoms with E-state index in [9.17, 15) is 4.79 Å². The third-order valence-electron chi connectivity index (χ3n) is 4.96. The lowest BCUT2D eigenvalue weighted by Gasteiger charge is -2.39. The molecule has 1 aromatic heterocycles. The zero-order valence-electron chi connectivity index (χ0n) is 11.8. The Labute approximate surface area is 119 Å². The van der Waals surface area contributed by atoms with Crippen molar-refractivity contribution < 1.29 is 4.79 Å². The van der Waals surface area contributed by atoms with Gasteiger partial charge in [-0.15, -0.1) is 11.3 Å². The van der Waals surface area contributed by atoms with Crippen LogP contribution in [0.1, 0.15) is 53.1 Å². The van der Waals surface area contributed by atoms with Crippen LogP contribution in [-0.4, -0.2) is 30.3 Å². The summed E-state index contributed by atoms with van der Waals surface area (Å²) >= 11 is 1.63. The molecule has 0 N–H and O–H groups in total. The standard InChI is InChI=1S/C16H23NOS/c1-13-4-5-15(19-13)14(18)12-17-10-8-16(9-11-17)6-2-3-7-16/h4-5H,2-3,6-12H2,1H3. The van der Waals surface area contributed by atoms with Crippen molar-refractivity contribution in [3.8, 4) is 0 Å². The number of thiophene rings is 1. The molecule has 0 unspecified atom stereocenters. The van der Waals surface area contributed by atoms with E-state index in [0.717, 1.165) is 18.0 Å². The van der Waals surface area contributed by atoms with Crippen LogP contribution in [0.5, 0.6) is 0 Å². The van der Waals surface area contributed by atoms with Gasteiger partial charge in [-0.2, -0.15) is 0 Å². The van der Waals surface area contributed by atoms with Crippen molar-refractivity contribution in [2.75, 3.05) is 19.6 Å². The molecule has 1 aliphatic heterocycles. The molecule has 1 aromatic rings. The topological polar surface area (TPSA) is 20.3 Å². The third kappa shape index (κ3) is 2.92. The molecule has 0 bridgehead atoms. The summed E-state index contributed by atoms with van der Waals surface area (Å²) in [6, 6.07) is 4.02. The summed E-state index contributed by atoms with van der Waals surface area (Å²) in [6.45, 7) is 4.93. The van der Waals surface area contributed by atoms with Crippen molar-refractivity contribution in [1.29, 1.82) is 0 Å². The molecule has 3 heteroatoms. The first-order valence-corrected chi connectivity index (χ1v) is 8.31. The van der Waals surface area contributed by atoms with Crippen molar-refractivity contribution >= 4 is 17.1 Å². The summed E-state index contributed by atoms with van der Waals surface area (Å²) in [6.07, 6.45) is 8.33. The van der Waals surface area contributed by atoms with Gasteiger partial charge in [-0.1, -0.05) is 12.8 Å². The number of Topliss-reactive ketones (excluding diaryl/α,β-unsaturated/α-hetero) is 1. The number of aryl methyl sites for hydroxylation is 1. The Balaban J connectivity index is 1.53. The summed E-state index contributed by atoms with van der Waals surface area (Å²) in [5.74, 6) is 0.306. The first kappa shape index (κ1) is 13.3. The lowest BCUT2D eigenvalue weighted by atomic mass is 9.77. The van der Waals surface area contributed by atoms with Crippen molar-refractivity contribution in [3.63, 3.8) is 0 Å². The number of carbonyl (C=O) groups is 1. The molecular weight excluding hydrogens is 254 g/mol. The molecule has 0 amide bonds. The zero-order valence-corrected chi connectivity index (χ0v) is 12.6. The molecule has 1 saturated heterocycles. The van der Waals surface area contributed by atoms with Gasteiger partial charge < -0.3 is 0 Å². The van der Waals surface area contributed by atoms with Gasteiger partial charge >= 0.3 is 0 Å². The number of carbonyl (C=O) groups excluding carboxylic acids is 1. The highest BCUT2D eigenvalue weighted by Gasteiger charge is 2.37. The number of hydrogen-bond donors (Lipinski definition) is 0. The minimum absolute atomic E-state index is 0.306. The Bertz CT molecular complexity index is 449. The quantitative estimate of drug-likeness (QED) is 0.781. The van der Waals surface area contributed by atoms with Crippen molar-refractivity contribution in [2.24, 2.45) is 5.41 Å². The van der Waals surface area contributed by atoms with Crippen LogP contribution in [0.3, 0.4) is 0 Å². The Kier molecular flexibility index (Phi) is 3.77. The molecular formula is C16H23NOS. The van der Waals surface area contributed by atoms with E-state index in [4.69, 9.17) is 0 Å². The number of ketones is 1. The molecule has 1 spiro atoms. The van der Waals surface area contributed by atoms with Crippen LogP contribution in [-0.2, 0) is 0 Å². The number of hydrogen-bond acceptors (Lipinski definition) is 3. The molecule has 0 aromatic carbocycles.